The summed E-state index contributed by atoms with van der Waals surface area (Å²) in [7, 11) is 4.05. The van der Waals surface area contributed by atoms with Gasteiger partial charge in [0.15, 0.2) is 0 Å². The van der Waals surface area contributed by atoms with E-state index >= 15 is 0 Å². The predicted octanol–water partition coefficient (Wildman–Crippen LogP) is 1.76. The minimum absolute atomic E-state index is 0.0130. The molecule has 0 bridgehead atoms. The first-order chi connectivity index (χ1) is 12.5. The quantitative estimate of drug-likeness (QED) is 0.909. The van der Waals surface area contributed by atoms with Gasteiger partial charge in [-0.25, -0.2) is 0 Å². The number of likely N-dealkylation sites (N-methyl/N-ethyl adjacent to an activating group) is 1. The zero-order chi connectivity index (χ0) is 18.7. The largest absolute Gasteiger partial charge is 0.356 e. The number of pyridine rings is 1. The number of nitrogens with one attached hydrogen (secondary N) is 1. The van der Waals surface area contributed by atoms with Crippen molar-refractivity contribution in [2.75, 3.05) is 33.7 Å². The highest BCUT2D eigenvalue weighted by molar-refractivity contribution is 6.05. The second kappa shape index (κ2) is 7.83. The predicted molar refractivity (Wildman–Crippen MR) is 102 cm³/mol. The second-order valence-electron chi connectivity index (χ2n) is 7.15. The number of likely N-dealkylation sites (tertiary alicyclic amines) is 1. The molecule has 1 saturated heterocycles. The first-order valence-electron chi connectivity index (χ1n) is 9.01. The Balaban J connectivity index is 1.79. The molecule has 0 aliphatic carbocycles. The first-order valence-corrected chi connectivity index (χ1v) is 9.01. The fraction of sp³-hybridized carbons (Fsp3) is 0.450. The number of aromatic nitrogens is 1. The zero-order valence-corrected chi connectivity index (χ0v) is 15.6. The molecule has 138 valence electrons. The molecule has 0 radical (unpaired) electrons. The molecule has 1 aliphatic rings. The summed E-state index contributed by atoms with van der Waals surface area (Å²) in [4.78, 5) is 32.8. The smallest absolute Gasteiger partial charge is 0.273 e. The van der Waals surface area contributed by atoms with Crippen LogP contribution in [0.15, 0.2) is 36.5 Å². The van der Waals surface area contributed by atoms with Gasteiger partial charge in [-0.1, -0.05) is 24.3 Å². The number of piperidine rings is 1. The average Bonchev–Trinajstić information content (AvgIpc) is 2.65. The number of hydrogen-bond acceptors (Lipinski definition) is 4. The zero-order valence-electron chi connectivity index (χ0n) is 15.6. The number of fused-ring (bicyclic) bond motifs is 1. The van der Waals surface area contributed by atoms with Crippen LogP contribution >= 0.6 is 0 Å². The highest BCUT2D eigenvalue weighted by Crippen LogP contribution is 2.24. The van der Waals surface area contributed by atoms with Crippen LogP contribution in [0.3, 0.4) is 0 Å². The van der Waals surface area contributed by atoms with Gasteiger partial charge >= 0.3 is 0 Å². The topological polar surface area (TPSA) is 65.5 Å². The maximum Gasteiger partial charge on any atom is 0.273 e. The molecule has 0 saturated carbocycles. The van der Waals surface area contributed by atoms with Crippen LogP contribution in [-0.2, 0) is 4.79 Å². The number of nitrogens with zero attached hydrogens (tertiary/aromatic N) is 3. The van der Waals surface area contributed by atoms with Crippen molar-refractivity contribution in [3.05, 3.63) is 42.2 Å². The van der Waals surface area contributed by atoms with Crippen molar-refractivity contribution in [2.45, 2.75) is 19.4 Å². The summed E-state index contributed by atoms with van der Waals surface area (Å²) >= 11 is 0. The van der Waals surface area contributed by atoms with E-state index in [1.54, 1.807) is 6.20 Å². The third-order valence-corrected chi connectivity index (χ3v) is 5.16. The molecular weight excluding hydrogens is 328 g/mol. The minimum Gasteiger partial charge on any atom is -0.356 e. The first kappa shape index (κ1) is 18.3. The molecule has 1 aromatic heterocycles. The van der Waals surface area contributed by atoms with Crippen molar-refractivity contribution < 1.29 is 9.59 Å². The highest BCUT2D eigenvalue weighted by Gasteiger charge is 2.33. The molecule has 0 unspecified atom stereocenters. The van der Waals surface area contributed by atoms with Crippen molar-refractivity contribution in [3.8, 4) is 0 Å². The van der Waals surface area contributed by atoms with Gasteiger partial charge < -0.3 is 15.1 Å². The normalized spacial score (nSPS) is 20.4. The van der Waals surface area contributed by atoms with Crippen LogP contribution in [0.5, 0.6) is 0 Å². The van der Waals surface area contributed by atoms with Gasteiger partial charge in [0.1, 0.15) is 5.69 Å². The van der Waals surface area contributed by atoms with Gasteiger partial charge in [-0.05, 0) is 37.9 Å². The standard InChI is InChI=1S/C20H26N4O2/c1-14(25)22-12-16-9-11-24(13-18(16)23(2)3)20(26)19-17-7-5-4-6-15(17)8-10-21-19/h4-8,10,16,18H,9,11-13H2,1-3H3,(H,22,25)/t16-,18-/m1/s1. The van der Waals surface area contributed by atoms with Crippen molar-refractivity contribution in [3.63, 3.8) is 0 Å². The number of hydrogen-bond donors (Lipinski definition) is 1. The molecule has 2 atom stereocenters. The Kier molecular flexibility index (Phi) is 5.52. The number of amides is 2. The summed E-state index contributed by atoms with van der Waals surface area (Å²) in [5.74, 6) is 0.297. The monoisotopic (exact) mass is 354 g/mol. The third kappa shape index (κ3) is 3.85. The lowest BCUT2D eigenvalue weighted by atomic mass is 9.90. The van der Waals surface area contributed by atoms with Crippen molar-refractivity contribution in [1.82, 2.24) is 20.1 Å². The van der Waals surface area contributed by atoms with Crippen LogP contribution in [0, 0.1) is 5.92 Å². The Hall–Kier alpha value is -2.47. The maximum atomic E-state index is 13.1. The summed E-state index contributed by atoms with van der Waals surface area (Å²) in [5, 5.41) is 4.83. The number of carbonyl (C=O) groups excluding carboxylic acids is 2. The molecule has 0 spiro atoms. The average molecular weight is 354 g/mol. The van der Waals surface area contributed by atoms with Gasteiger partial charge in [-0.2, -0.15) is 0 Å². The summed E-state index contributed by atoms with van der Waals surface area (Å²) in [6.07, 6.45) is 2.56. The molecular formula is C20H26N4O2. The van der Waals surface area contributed by atoms with Crippen molar-refractivity contribution >= 4 is 22.6 Å². The van der Waals surface area contributed by atoms with Gasteiger partial charge in [0.25, 0.3) is 5.91 Å². The molecule has 1 aliphatic heterocycles. The van der Waals surface area contributed by atoms with E-state index in [1.165, 1.54) is 6.92 Å². The summed E-state index contributed by atoms with van der Waals surface area (Å²) in [5.41, 5.74) is 0.515. The summed E-state index contributed by atoms with van der Waals surface area (Å²) in [6, 6.07) is 9.97. The van der Waals surface area contributed by atoms with Crippen LogP contribution in [0.1, 0.15) is 23.8 Å². The highest BCUT2D eigenvalue weighted by atomic mass is 16.2. The van der Waals surface area contributed by atoms with Crippen LogP contribution in [0.4, 0.5) is 0 Å². The molecule has 2 heterocycles. The van der Waals surface area contributed by atoms with Gasteiger partial charge in [0, 0.05) is 44.2 Å². The van der Waals surface area contributed by atoms with Crippen LogP contribution in [-0.4, -0.2) is 66.4 Å². The van der Waals surface area contributed by atoms with Gasteiger partial charge in [-0.15, -0.1) is 0 Å². The number of rotatable bonds is 4. The van der Waals surface area contributed by atoms with Crippen LogP contribution in [0.25, 0.3) is 10.8 Å². The van der Waals surface area contributed by atoms with Crippen LogP contribution in [0.2, 0.25) is 0 Å². The lowest BCUT2D eigenvalue weighted by Gasteiger charge is -2.41. The Morgan fingerprint density at radius 2 is 2.04 bits per heavy atom. The van der Waals surface area contributed by atoms with Gasteiger partial charge in [0.05, 0.1) is 0 Å². The fourth-order valence-corrected chi connectivity index (χ4v) is 3.70. The Labute approximate surface area is 154 Å². The molecule has 2 amide bonds. The lowest BCUT2D eigenvalue weighted by molar-refractivity contribution is -0.119. The van der Waals surface area contributed by atoms with Crippen molar-refractivity contribution in [2.24, 2.45) is 5.92 Å². The van der Waals surface area contributed by atoms with Crippen LogP contribution < -0.4 is 5.32 Å². The van der Waals surface area contributed by atoms with E-state index in [4.69, 9.17) is 0 Å². The molecule has 1 fully saturated rings. The van der Waals surface area contributed by atoms with E-state index in [9.17, 15) is 9.59 Å². The van der Waals surface area contributed by atoms with E-state index in [2.05, 4.69) is 15.2 Å². The van der Waals surface area contributed by atoms with E-state index in [-0.39, 0.29) is 17.9 Å². The van der Waals surface area contributed by atoms with E-state index < -0.39 is 0 Å². The molecule has 3 rings (SSSR count). The maximum absolute atomic E-state index is 13.1. The Morgan fingerprint density at radius 1 is 1.27 bits per heavy atom. The molecule has 2 aromatic rings. The fourth-order valence-electron chi connectivity index (χ4n) is 3.70. The van der Waals surface area contributed by atoms with Gasteiger partial charge in [0.2, 0.25) is 5.91 Å². The Bertz CT molecular complexity index is 800. The van der Waals surface area contributed by atoms with Crippen molar-refractivity contribution in [1.29, 1.82) is 0 Å². The summed E-state index contributed by atoms with van der Waals surface area (Å²) in [6.45, 7) is 3.50. The Morgan fingerprint density at radius 3 is 2.77 bits per heavy atom. The number of benzene rings is 1. The number of carbonyl (C=O) groups is 2. The van der Waals surface area contributed by atoms with E-state index in [0.29, 0.717) is 31.2 Å². The molecule has 26 heavy (non-hydrogen) atoms. The summed E-state index contributed by atoms with van der Waals surface area (Å²) < 4.78 is 0. The lowest BCUT2D eigenvalue weighted by Crippen LogP contribution is -2.54. The molecule has 1 aromatic carbocycles. The molecule has 6 heteroatoms. The second-order valence-corrected chi connectivity index (χ2v) is 7.15. The molecule has 1 N–H and O–H groups in total. The SMILES string of the molecule is CC(=O)NC[C@H]1CCN(C(=O)c2nccc3ccccc23)C[C@H]1N(C)C. The van der Waals surface area contributed by atoms with E-state index in [0.717, 1.165) is 17.2 Å². The van der Waals surface area contributed by atoms with Gasteiger partial charge in [-0.3, -0.25) is 14.6 Å². The van der Waals surface area contributed by atoms with E-state index in [1.807, 2.05) is 49.3 Å². The third-order valence-electron chi connectivity index (χ3n) is 5.16. The minimum atomic E-state index is -0.0216. The molecule has 6 nitrogen and oxygen atoms in total.